The molecule has 0 unspecified atom stereocenters. The summed E-state index contributed by atoms with van der Waals surface area (Å²) >= 11 is 0. The molecule has 26 heavy (non-hydrogen) atoms. The van der Waals surface area contributed by atoms with Crippen molar-refractivity contribution in [2.45, 2.75) is 33.4 Å². The van der Waals surface area contributed by atoms with E-state index in [1.54, 1.807) is 14.0 Å². The lowest BCUT2D eigenvalue weighted by Crippen LogP contribution is -2.48. The first-order valence-corrected chi connectivity index (χ1v) is 8.67. The number of aryl methyl sites for hydroxylation is 2. The highest BCUT2D eigenvalue weighted by molar-refractivity contribution is 5.87. The summed E-state index contributed by atoms with van der Waals surface area (Å²) in [5, 5.41) is 2.60. The fourth-order valence-electron chi connectivity index (χ4n) is 2.76. The summed E-state index contributed by atoms with van der Waals surface area (Å²) in [6, 6.07) is 14.8. The summed E-state index contributed by atoms with van der Waals surface area (Å²) in [5.74, 6) is 0.238. The molecule has 0 radical (unpaired) electrons. The maximum absolute atomic E-state index is 12.8. The minimum atomic E-state index is -0.588. The van der Waals surface area contributed by atoms with Gasteiger partial charge in [-0.1, -0.05) is 48.0 Å². The average Bonchev–Trinajstić information content (AvgIpc) is 2.64. The second kappa shape index (κ2) is 9.04. The zero-order chi connectivity index (χ0) is 19.1. The third-order valence-electron chi connectivity index (χ3n) is 4.29. The van der Waals surface area contributed by atoms with Gasteiger partial charge in [-0.05, 0) is 38.0 Å². The van der Waals surface area contributed by atoms with E-state index in [1.807, 2.05) is 62.4 Å². The highest BCUT2D eigenvalue weighted by atomic mass is 16.5. The van der Waals surface area contributed by atoms with Crippen molar-refractivity contribution >= 4 is 11.8 Å². The Hall–Kier alpha value is -2.82. The van der Waals surface area contributed by atoms with Crippen LogP contribution >= 0.6 is 0 Å². The van der Waals surface area contributed by atoms with Gasteiger partial charge < -0.3 is 15.0 Å². The van der Waals surface area contributed by atoms with Crippen LogP contribution in [-0.2, 0) is 16.1 Å². The largest absolute Gasteiger partial charge is 0.483 e. The normalized spacial score (nSPS) is 11.5. The number of nitrogens with zero attached hydrogens (tertiary/aromatic N) is 1. The lowest BCUT2D eigenvalue weighted by Gasteiger charge is -2.28. The molecule has 1 atom stereocenters. The van der Waals surface area contributed by atoms with Crippen LogP contribution in [0.1, 0.15) is 23.6 Å². The summed E-state index contributed by atoms with van der Waals surface area (Å²) in [5.41, 5.74) is 3.08. The van der Waals surface area contributed by atoms with E-state index in [4.69, 9.17) is 4.74 Å². The SMILES string of the molecule is CNC(=O)[C@H](C)N(Cc1ccccc1)C(=O)COc1ccc(C)cc1C. The van der Waals surface area contributed by atoms with E-state index in [1.165, 1.54) is 4.90 Å². The number of benzene rings is 2. The lowest BCUT2D eigenvalue weighted by molar-refractivity contribution is -0.142. The third kappa shape index (κ3) is 5.09. The molecular formula is C21H26N2O3. The minimum absolute atomic E-state index is 0.113. The van der Waals surface area contributed by atoms with E-state index < -0.39 is 6.04 Å². The van der Waals surface area contributed by atoms with Crippen LogP contribution in [0.15, 0.2) is 48.5 Å². The quantitative estimate of drug-likeness (QED) is 0.832. The smallest absolute Gasteiger partial charge is 0.261 e. The number of rotatable bonds is 7. The van der Waals surface area contributed by atoms with Gasteiger partial charge in [0.15, 0.2) is 6.61 Å². The first-order valence-electron chi connectivity index (χ1n) is 8.67. The monoisotopic (exact) mass is 354 g/mol. The number of hydrogen-bond donors (Lipinski definition) is 1. The van der Waals surface area contributed by atoms with Gasteiger partial charge in [0.1, 0.15) is 11.8 Å². The van der Waals surface area contributed by atoms with Crippen LogP contribution in [0.2, 0.25) is 0 Å². The standard InChI is InChI=1S/C21H26N2O3/c1-15-10-11-19(16(2)12-15)26-14-20(24)23(17(3)21(25)22-4)13-18-8-6-5-7-9-18/h5-12,17H,13-14H2,1-4H3,(H,22,25)/t17-/m0/s1. The van der Waals surface area contributed by atoms with Crippen LogP contribution in [0, 0.1) is 13.8 Å². The fraction of sp³-hybridized carbons (Fsp3) is 0.333. The molecular weight excluding hydrogens is 328 g/mol. The molecule has 2 rings (SSSR count). The first kappa shape index (κ1) is 19.5. The lowest BCUT2D eigenvalue weighted by atomic mass is 10.1. The second-order valence-corrected chi connectivity index (χ2v) is 6.36. The number of carbonyl (C=O) groups is 2. The highest BCUT2D eigenvalue weighted by Gasteiger charge is 2.25. The minimum Gasteiger partial charge on any atom is -0.483 e. The van der Waals surface area contributed by atoms with Crippen molar-refractivity contribution in [2.24, 2.45) is 0 Å². The Labute approximate surface area is 155 Å². The molecule has 0 heterocycles. The van der Waals surface area contributed by atoms with Gasteiger partial charge in [0.25, 0.3) is 5.91 Å². The molecule has 0 saturated heterocycles. The fourth-order valence-corrected chi connectivity index (χ4v) is 2.76. The van der Waals surface area contributed by atoms with Gasteiger partial charge in [0.05, 0.1) is 0 Å². The Kier molecular flexibility index (Phi) is 6.78. The van der Waals surface area contributed by atoms with Gasteiger partial charge >= 0.3 is 0 Å². The summed E-state index contributed by atoms with van der Waals surface area (Å²) < 4.78 is 5.71. The number of likely N-dealkylation sites (N-methyl/N-ethyl adjacent to an activating group) is 1. The molecule has 5 heteroatoms. The second-order valence-electron chi connectivity index (χ2n) is 6.36. The van der Waals surface area contributed by atoms with Gasteiger partial charge in [-0.2, -0.15) is 0 Å². The topological polar surface area (TPSA) is 58.6 Å². The van der Waals surface area contributed by atoms with Crippen LogP contribution in [0.3, 0.4) is 0 Å². The third-order valence-corrected chi connectivity index (χ3v) is 4.29. The highest BCUT2D eigenvalue weighted by Crippen LogP contribution is 2.19. The summed E-state index contributed by atoms with van der Waals surface area (Å²) in [6.07, 6.45) is 0. The Bertz CT molecular complexity index is 759. The molecule has 2 amide bonds. The van der Waals surface area contributed by atoms with Gasteiger partial charge in [-0.3, -0.25) is 9.59 Å². The van der Waals surface area contributed by atoms with E-state index >= 15 is 0 Å². The van der Waals surface area contributed by atoms with E-state index in [-0.39, 0.29) is 18.4 Å². The van der Waals surface area contributed by atoms with Crippen LogP contribution in [-0.4, -0.2) is 36.4 Å². The molecule has 1 N–H and O–H groups in total. The molecule has 0 fully saturated rings. The van der Waals surface area contributed by atoms with E-state index in [0.29, 0.717) is 12.3 Å². The Morgan fingerprint density at radius 2 is 1.81 bits per heavy atom. The van der Waals surface area contributed by atoms with Gasteiger partial charge in [-0.25, -0.2) is 0 Å². The maximum atomic E-state index is 12.8. The van der Waals surface area contributed by atoms with Crippen molar-refractivity contribution in [1.29, 1.82) is 0 Å². The van der Waals surface area contributed by atoms with E-state index in [9.17, 15) is 9.59 Å². The molecule has 138 valence electrons. The maximum Gasteiger partial charge on any atom is 0.261 e. The number of nitrogens with one attached hydrogen (secondary N) is 1. The number of ether oxygens (including phenoxy) is 1. The van der Waals surface area contributed by atoms with Crippen molar-refractivity contribution in [3.8, 4) is 5.75 Å². The molecule has 0 saturated carbocycles. The zero-order valence-corrected chi connectivity index (χ0v) is 15.8. The van der Waals surface area contributed by atoms with Crippen molar-refractivity contribution in [2.75, 3.05) is 13.7 Å². The molecule has 0 aliphatic carbocycles. The molecule has 0 aliphatic heterocycles. The Morgan fingerprint density at radius 3 is 2.42 bits per heavy atom. The van der Waals surface area contributed by atoms with Crippen molar-refractivity contribution in [3.05, 3.63) is 65.2 Å². The summed E-state index contributed by atoms with van der Waals surface area (Å²) in [4.78, 5) is 26.4. The molecule has 0 bridgehead atoms. The van der Waals surface area contributed by atoms with Crippen LogP contribution in [0.4, 0.5) is 0 Å². The van der Waals surface area contributed by atoms with Gasteiger partial charge in [0, 0.05) is 13.6 Å². The molecule has 0 aromatic heterocycles. The van der Waals surface area contributed by atoms with Crippen LogP contribution in [0.25, 0.3) is 0 Å². The molecule has 5 nitrogen and oxygen atoms in total. The Morgan fingerprint density at radius 1 is 1.12 bits per heavy atom. The summed E-state index contributed by atoms with van der Waals surface area (Å²) in [7, 11) is 1.57. The van der Waals surface area contributed by atoms with Gasteiger partial charge in [-0.15, -0.1) is 0 Å². The molecule has 2 aromatic carbocycles. The van der Waals surface area contributed by atoms with Crippen molar-refractivity contribution in [1.82, 2.24) is 10.2 Å². The molecule has 0 spiro atoms. The van der Waals surface area contributed by atoms with E-state index in [2.05, 4.69) is 5.32 Å². The van der Waals surface area contributed by atoms with Gasteiger partial charge in [0.2, 0.25) is 5.91 Å². The number of hydrogen-bond acceptors (Lipinski definition) is 3. The molecule has 2 aromatic rings. The predicted molar refractivity (Wildman–Crippen MR) is 102 cm³/mol. The predicted octanol–water partition coefficient (Wildman–Crippen LogP) is 2.85. The van der Waals surface area contributed by atoms with Crippen molar-refractivity contribution < 1.29 is 14.3 Å². The first-order chi connectivity index (χ1) is 12.4. The molecule has 0 aliphatic rings. The number of amides is 2. The zero-order valence-electron chi connectivity index (χ0n) is 15.8. The van der Waals surface area contributed by atoms with Crippen molar-refractivity contribution in [3.63, 3.8) is 0 Å². The number of carbonyl (C=O) groups excluding carboxylic acids is 2. The summed E-state index contributed by atoms with van der Waals surface area (Å²) in [6.45, 7) is 5.91. The Balaban J connectivity index is 2.12. The average molecular weight is 354 g/mol. The van der Waals surface area contributed by atoms with E-state index in [0.717, 1.165) is 16.7 Å². The van der Waals surface area contributed by atoms with Crippen LogP contribution < -0.4 is 10.1 Å². The van der Waals surface area contributed by atoms with Crippen LogP contribution in [0.5, 0.6) is 5.75 Å².